The molecule has 1 heterocycles. The second kappa shape index (κ2) is 11.9. The summed E-state index contributed by atoms with van der Waals surface area (Å²) in [4.78, 5) is 4.22. The van der Waals surface area contributed by atoms with Gasteiger partial charge in [-0.2, -0.15) is 5.10 Å². The highest BCUT2D eigenvalue weighted by atomic mass is 127. The molecule has 1 aromatic carbocycles. The Labute approximate surface area is 177 Å². The Morgan fingerprint density at radius 1 is 1.26 bits per heavy atom. The maximum atomic E-state index is 13.7. The number of benzene rings is 1. The van der Waals surface area contributed by atoms with E-state index in [0.29, 0.717) is 12.1 Å². The van der Waals surface area contributed by atoms with Crippen LogP contribution in [0.15, 0.2) is 29.3 Å². The summed E-state index contributed by atoms with van der Waals surface area (Å²) in [6.45, 7) is 6.54. The molecule has 0 radical (unpaired) electrons. The number of hydrogen-bond acceptors (Lipinski definition) is 3. The van der Waals surface area contributed by atoms with Gasteiger partial charge in [0.25, 0.3) is 0 Å². The fraction of sp³-hybridized carbons (Fsp3) is 0.474. The van der Waals surface area contributed by atoms with E-state index in [1.165, 1.54) is 11.8 Å². The van der Waals surface area contributed by atoms with Crippen molar-refractivity contribution in [2.75, 3.05) is 20.7 Å². The molecule has 27 heavy (non-hydrogen) atoms. The van der Waals surface area contributed by atoms with Crippen molar-refractivity contribution in [2.45, 2.75) is 40.0 Å². The van der Waals surface area contributed by atoms with E-state index in [-0.39, 0.29) is 36.4 Å². The van der Waals surface area contributed by atoms with Crippen LogP contribution in [0.5, 0.6) is 0 Å². The van der Waals surface area contributed by atoms with Crippen molar-refractivity contribution in [3.63, 3.8) is 0 Å². The summed E-state index contributed by atoms with van der Waals surface area (Å²) in [5.41, 5.74) is 3.75. The Morgan fingerprint density at radius 2 is 2.04 bits per heavy atom. The predicted molar refractivity (Wildman–Crippen MR) is 117 cm³/mol. The third kappa shape index (κ3) is 7.45. The van der Waals surface area contributed by atoms with E-state index < -0.39 is 0 Å². The molecule has 1 aromatic heterocycles. The van der Waals surface area contributed by atoms with Gasteiger partial charge in [-0.15, -0.1) is 24.0 Å². The monoisotopic (exact) mass is 489 g/mol. The number of aryl methyl sites for hydroxylation is 3. The predicted octanol–water partition coefficient (Wildman–Crippen LogP) is 3.16. The van der Waals surface area contributed by atoms with Crippen LogP contribution in [0.2, 0.25) is 0 Å². The Kier molecular flexibility index (Phi) is 10.3. The minimum atomic E-state index is -0.248. The second-order valence-electron chi connectivity index (χ2n) is 6.22. The first-order valence-electron chi connectivity index (χ1n) is 8.75. The van der Waals surface area contributed by atoms with Gasteiger partial charge in [-0.05, 0) is 44.0 Å². The standard InChI is InChI=1S/C19H28FN5O.HI/c1-14-10-15(2)25(24-14)9-5-8-22-19(21-3)23-12-16-6-7-18(20)17(11-16)13-26-4;/h6-7,10-11H,5,8-9,12-13H2,1-4H3,(H2,21,22,23);1H. The van der Waals surface area contributed by atoms with Gasteiger partial charge in [0.05, 0.1) is 12.3 Å². The Hall–Kier alpha value is -1.68. The molecule has 0 aliphatic carbocycles. The molecule has 0 spiro atoms. The smallest absolute Gasteiger partial charge is 0.191 e. The molecule has 0 fully saturated rings. The van der Waals surface area contributed by atoms with Gasteiger partial charge in [0.1, 0.15) is 5.82 Å². The van der Waals surface area contributed by atoms with E-state index in [2.05, 4.69) is 33.7 Å². The van der Waals surface area contributed by atoms with E-state index in [4.69, 9.17) is 4.74 Å². The molecule has 6 nitrogen and oxygen atoms in total. The highest BCUT2D eigenvalue weighted by Gasteiger charge is 2.05. The van der Waals surface area contributed by atoms with Crippen LogP contribution in [0, 0.1) is 19.7 Å². The van der Waals surface area contributed by atoms with Gasteiger partial charge in [0, 0.05) is 45.0 Å². The molecule has 0 bridgehead atoms. The van der Waals surface area contributed by atoms with Gasteiger partial charge in [-0.3, -0.25) is 9.67 Å². The van der Waals surface area contributed by atoms with E-state index >= 15 is 0 Å². The maximum Gasteiger partial charge on any atom is 0.191 e. The topological polar surface area (TPSA) is 63.5 Å². The molecule has 0 amide bonds. The SMILES string of the molecule is CN=C(NCCCn1nc(C)cc1C)NCc1ccc(F)c(COC)c1.I. The average Bonchev–Trinajstić information content (AvgIpc) is 2.94. The number of nitrogens with one attached hydrogen (secondary N) is 2. The number of hydrogen-bond donors (Lipinski definition) is 2. The summed E-state index contributed by atoms with van der Waals surface area (Å²) in [5.74, 6) is 0.471. The molecular formula is C19H29FIN5O. The number of ether oxygens (including phenoxy) is 1. The van der Waals surface area contributed by atoms with E-state index in [1.54, 1.807) is 20.2 Å². The van der Waals surface area contributed by atoms with Crippen molar-refractivity contribution in [3.05, 3.63) is 52.6 Å². The summed E-state index contributed by atoms with van der Waals surface area (Å²) in [5, 5.41) is 11.0. The van der Waals surface area contributed by atoms with Crippen molar-refractivity contribution < 1.29 is 9.13 Å². The molecule has 8 heteroatoms. The number of aliphatic imine (C=N–C) groups is 1. The Bertz CT molecular complexity index is 748. The molecule has 2 rings (SSSR count). The zero-order valence-corrected chi connectivity index (χ0v) is 18.7. The van der Waals surface area contributed by atoms with Crippen molar-refractivity contribution in [1.82, 2.24) is 20.4 Å². The normalized spacial score (nSPS) is 11.2. The van der Waals surface area contributed by atoms with Crippen LogP contribution in [0.25, 0.3) is 0 Å². The maximum absolute atomic E-state index is 13.7. The first-order chi connectivity index (χ1) is 12.5. The van der Waals surface area contributed by atoms with Crippen LogP contribution in [-0.4, -0.2) is 36.4 Å². The van der Waals surface area contributed by atoms with E-state index in [0.717, 1.165) is 36.7 Å². The Balaban J connectivity index is 0.00000364. The van der Waals surface area contributed by atoms with Crippen molar-refractivity contribution >= 4 is 29.9 Å². The van der Waals surface area contributed by atoms with Crippen LogP contribution in [0.4, 0.5) is 4.39 Å². The van der Waals surface area contributed by atoms with Crippen LogP contribution in [-0.2, 0) is 24.4 Å². The van der Waals surface area contributed by atoms with Crippen LogP contribution >= 0.6 is 24.0 Å². The number of nitrogens with zero attached hydrogens (tertiary/aromatic N) is 3. The molecule has 0 unspecified atom stereocenters. The van der Waals surface area contributed by atoms with Gasteiger partial charge in [0.2, 0.25) is 0 Å². The summed E-state index contributed by atoms with van der Waals surface area (Å²) in [6.07, 6.45) is 0.942. The number of guanidine groups is 1. The summed E-state index contributed by atoms with van der Waals surface area (Å²) in [7, 11) is 3.29. The first-order valence-corrected chi connectivity index (χ1v) is 8.75. The quantitative estimate of drug-likeness (QED) is 0.259. The zero-order chi connectivity index (χ0) is 18.9. The summed E-state index contributed by atoms with van der Waals surface area (Å²) >= 11 is 0. The van der Waals surface area contributed by atoms with E-state index in [9.17, 15) is 4.39 Å². The first kappa shape index (κ1) is 23.4. The average molecular weight is 489 g/mol. The molecule has 2 N–H and O–H groups in total. The third-order valence-electron chi connectivity index (χ3n) is 4.04. The van der Waals surface area contributed by atoms with Crippen molar-refractivity contribution in [3.8, 4) is 0 Å². The molecule has 150 valence electrons. The number of rotatable bonds is 8. The summed E-state index contributed by atoms with van der Waals surface area (Å²) in [6, 6.07) is 7.12. The van der Waals surface area contributed by atoms with Gasteiger partial charge < -0.3 is 15.4 Å². The van der Waals surface area contributed by atoms with Gasteiger partial charge in [-0.25, -0.2) is 4.39 Å². The highest BCUT2D eigenvalue weighted by molar-refractivity contribution is 14.0. The van der Waals surface area contributed by atoms with Gasteiger partial charge >= 0.3 is 0 Å². The molecular weight excluding hydrogens is 460 g/mol. The van der Waals surface area contributed by atoms with Crippen LogP contribution in [0.1, 0.15) is 28.9 Å². The molecule has 0 aliphatic heterocycles. The number of halogens is 2. The van der Waals surface area contributed by atoms with E-state index in [1.807, 2.05) is 17.7 Å². The minimum absolute atomic E-state index is 0. The van der Waals surface area contributed by atoms with Crippen molar-refractivity contribution in [2.24, 2.45) is 4.99 Å². The lowest BCUT2D eigenvalue weighted by atomic mass is 10.1. The lowest BCUT2D eigenvalue weighted by molar-refractivity contribution is 0.181. The lowest BCUT2D eigenvalue weighted by Crippen LogP contribution is -2.37. The largest absolute Gasteiger partial charge is 0.380 e. The molecule has 0 aliphatic rings. The highest BCUT2D eigenvalue weighted by Crippen LogP contribution is 2.11. The lowest BCUT2D eigenvalue weighted by Gasteiger charge is -2.13. The Morgan fingerprint density at radius 3 is 2.67 bits per heavy atom. The minimum Gasteiger partial charge on any atom is -0.380 e. The summed E-state index contributed by atoms with van der Waals surface area (Å²) < 4.78 is 20.7. The van der Waals surface area contributed by atoms with Crippen LogP contribution < -0.4 is 10.6 Å². The van der Waals surface area contributed by atoms with Gasteiger partial charge in [0.15, 0.2) is 5.96 Å². The van der Waals surface area contributed by atoms with Crippen LogP contribution in [0.3, 0.4) is 0 Å². The molecule has 0 atom stereocenters. The number of methoxy groups -OCH3 is 1. The zero-order valence-electron chi connectivity index (χ0n) is 16.4. The molecule has 0 saturated carbocycles. The van der Waals surface area contributed by atoms with Crippen molar-refractivity contribution in [1.29, 1.82) is 0 Å². The molecule has 0 saturated heterocycles. The van der Waals surface area contributed by atoms with Gasteiger partial charge in [-0.1, -0.05) is 6.07 Å². The third-order valence-corrected chi connectivity index (χ3v) is 4.04. The fourth-order valence-electron chi connectivity index (χ4n) is 2.75. The molecule has 2 aromatic rings. The second-order valence-corrected chi connectivity index (χ2v) is 6.22. The fourth-order valence-corrected chi connectivity index (χ4v) is 2.75. The number of aromatic nitrogens is 2.